The Morgan fingerprint density at radius 3 is 2.36 bits per heavy atom. The lowest BCUT2D eigenvalue weighted by molar-refractivity contribution is 0.102. The molecule has 0 fully saturated rings. The number of amides is 1. The van der Waals surface area contributed by atoms with Gasteiger partial charge in [-0.1, -0.05) is 17.7 Å². The molecule has 116 valence electrons. The fourth-order valence-corrected chi connectivity index (χ4v) is 2.40. The van der Waals surface area contributed by atoms with Gasteiger partial charge in [-0.2, -0.15) is 0 Å². The quantitative estimate of drug-likeness (QED) is 0.932. The van der Waals surface area contributed by atoms with E-state index in [1.807, 2.05) is 0 Å². The number of carbonyl (C=O) groups excluding carboxylic acids is 1. The molecule has 0 aliphatic rings. The van der Waals surface area contributed by atoms with Gasteiger partial charge in [-0.05, 0) is 42.5 Å². The SMILES string of the molecule is CN(c1cccc(NC(=O)c2ccc(Cl)cc2)c1)S(C)(=O)=O. The van der Waals surface area contributed by atoms with Crippen LogP contribution in [0.15, 0.2) is 48.5 Å². The number of halogens is 1. The van der Waals surface area contributed by atoms with Gasteiger partial charge in [0.25, 0.3) is 5.91 Å². The number of hydrogen-bond donors (Lipinski definition) is 1. The van der Waals surface area contributed by atoms with Crippen molar-refractivity contribution in [3.8, 4) is 0 Å². The topological polar surface area (TPSA) is 66.5 Å². The van der Waals surface area contributed by atoms with Crippen LogP contribution in [0.3, 0.4) is 0 Å². The molecule has 0 saturated carbocycles. The Morgan fingerprint density at radius 2 is 1.77 bits per heavy atom. The molecule has 2 rings (SSSR count). The molecule has 0 aliphatic carbocycles. The molecule has 0 spiro atoms. The summed E-state index contributed by atoms with van der Waals surface area (Å²) in [5.41, 5.74) is 1.44. The highest BCUT2D eigenvalue weighted by Gasteiger charge is 2.13. The molecule has 0 bridgehead atoms. The number of anilines is 2. The Morgan fingerprint density at radius 1 is 1.14 bits per heavy atom. The van der Waals surface area contributed by atoms with Crippen molar-refractivity contribution in [3.63, 3.8) is 0 Å². The average Bonchev–Trinajstić information content (AvgIpc) is 2.46. The van der Waals surface area contributed by atoms with Crippen LogP contribution in [-0.2, 0) is 10.0 Å². The largest absolute Gasteiger partial charge is 0.322 e. The molecule has 22 heavy (non-hydrogen) atoms. The van der Waals surface area contributed by atoms with Crippen molar-refractivity contribution in [2.45, 2.75) is 0 Å². The average molecular weight is 339 g/mol. The zero-order valence-electron chi connectivity index (χ0n) is 12.1. The Balaban J connectivity index is 2.20. The highest BCUT2D eigenvalue weighted by atomic mass is 35.5. The van der Waals surface area contributed by atoms with Gasteiger partial charge in [0.15, 0.2) is 0 Å². The molecule has 7 heteroatoms. The first-order valence-corrected chi connectivity index (χ1v) is 8.61. The maximum Gasteiger partial charge on any atom is 0.255 e. The van der Waals surface area contributed by atoms with Crippen LogP contribution in [0.5, 0.6) is 0 Å². The maximum absolute atomic E-state index is 12.1. The fraction of sp³-hybridized carbons (Fsp3) is 0.133. The number of carbonyl (C=O) groups is 1. The van der Waals surface area contributed by atoms with Gasteiger partial charge < -0.3 is 5.32 Å². The first-order valence-electron chi connectivity index (χ1n) is 6.38. The molecular weight excluding hydrogens is 324 g/mol. The molecule has 2 aromatic rings. The summed E-state index contributed by atoms with van der Waals surface area (Å²) < 4.78 is 24.2. The molecule has 0 radical (unpaired) electrons. The molecule has 2 aromatic carbocycles. The molecule has 1 N–H and O–H groups in total. The predicted molar refractivity (Wildman–Crippen MR) is 89.1 cm³/mol. The number of hydrogen-bond acceptors (Lipinski definition) is 3. The molecule has 1 amide bonds. The second kappa shape index (κ2) is 6.37. The standard InChI is InChI=1S/C15H15ClN2O3S/c1-18(22(2,20)21)14-5-3-4-13(10-14)17-15(19)11-6-8-12(16)9-7-11/h3-10H,1-2H3,(H,17,19). The second-order valence-electron chi connectivity index (χ2n) is 4.74. The monoisotopic (exact) mass is 338 g/mol. The van der Waals surface area contributed by atoms with Gasteiger partial charge in [-0.3, -0.25) is 9.10 Å². The lowest BCUT2D eigenvalue weighted by Crippen LogP contribution is -2.24. The third-order valence-corrected chi connectivity index (χ3v) is 4.53. The van der Waals surface area contributed by atoms with Crippen LogP contribution in [0.1, 0.15) is 10.4 Å². The number of nitrogens with zero attached hydrogens (tertiary/aromatic N) is 1. The van der Waals surface area contributed by atoms with Gasteiger partial charge in [0, 0.05) is 23.3 Å². The van der Waals surface area contributed by atoms with Gasteiger partial charge >= 0.3 is 0 Å². The molecule has 0 aromatic heterocycles. The molecule has 5 nitrogen and oxygen atoms in total. The normalized spacial score (nSPS) is 11.0. The summed E-state index contributed by atoms with van der Waals surface area (Å²) in [5.74, 6) is -0.296. The number of nitrogens with one attached hydrogen (secondary N) is 1. The molecule has 0 atom stereocenters. The molecule has 0 heterocycles. The summed E-state index contributed by atoms with van der Waals surface area (Å²) >= 11 is 5.78. The highest BCUT2D eigenvalue weighted by molar-refractivity contribution is 7.92. The van der Waals surface area contributed by atoms with Crippen LogP contribution in [-0.4, -0.2) is 27.6 Å². The summed E-state index contributed by atoms with van der Waals surface area (Å²) in [6, 6.07) is 13.1. The predicted octanol–water partition coefficient (Wildman–Crippen LogP) is 2.99. The Kier molecular flexibility index (Phi) is 4.73. The molecule has 0 aliphatic heterocycles. The minimum atomic E-state index is -3.35. The zero-order chi connectivity index (χ0) is 16.3. The number of sulfonamides is 1. The van der Waals surface area contributed by atoms with Gasteiger partial charge in [-0.25, -0.2) is 8.42 Å². The van der Waals surface area contributed by atoms with Crippen LogP contribution in [0.2, 0.25) is 5.02 Å². The van der Waals surface area contributed by atoms with E-state index in [2.05, 4.69) is 5.32 Å². The summed E-state index contributed by atoms with van der Waals surface area (Å²) in [5, 5.41) is 3.27. The van der Waals surface area contributed by atoms with E-state index in [-0.39, 0.29) is 5.91 Å². The minimum Gasteiger partial charge on any atom is -0.322 e. The molecular formula is C15H15ClN2O3S. The summed E-state index contributed by atoms with van der Waals surface area (Å²) in [6.45, 7) is 0. The van der Waals surface area contributed by atoms with Crippen molar-refractivity contribution in [3.05, 3.63) is 59.1 Å². The van der Waals surface area contributed by atoms with E-state index in [1.54, 1.807) is 48.5 Å². The van der Waals surface area contributed by atoms with E-state index in [9.17, 15) is 13.2 Å². The fourth-order valence-electron chi connectivity index (χ4n) is 1.78. The Labute approximate surface area is 134 Å². The first-order chi connectivity index (χ1) is 10.3. The lowest BCUT2D eigenvalue weighted by atomic mass is 10.2. The van der Waals surface area contributed by atoms with Crippen molar-refractivity contribution in [2.75, 3.05) is 22.9 Å². The van der Waals surface area contributed by atoms with Crippen molar-refractivity contribution in [2.24, 2.45) is 0 Å². The van der Waals surface area contributed by atoms with E-state index in [0.29, 0.717) is 22.0 Å². The van der Waals surface area contributed by atoms with Crippen molar-refractivity contribution in [1.29, 1.82) is 0 Å². The Bertz CT molecular complexity index is 789. The van der Waals surface area contributed by atoms with Crippen LogP contribution in [0.25, 0.3) is 0 Å². The van der Waals surface area contributed by atoms with Gasteiger partial charge in [0.05, 0.1) is 11.9 Å². The Hall–Kier alpha value is -2.05. The van der Waals surface area contributed by atoms with E-state index in [1.165, 1.54) is 7.05 Å². The molecule has 0 saturated heterocycles. The minimum absolute atomic E-state index is 0.296. The smallest absolute Gasteiger partial charge is 0.255 e. The van der Waals surface area contributed by atoms with Crippen LogP contribution < -0.4 is 9.62 Å². The summed E-state index contributed by atoms with van der Waals surface area (Å²) in [7, 11) is -1.90. The van der Waals surface area contributed by atoms with Gasteiger partial charge in [0.1, 0.15) is 0 Å². The number of benzene rings is 2. The van der Waals surface area contributed by atoms with E-state index in [0.717, 1.165) is 10.6 Å². The van der Waals surface area contributed by atoms with Crippen LogP contribution >= 0.6 is 11.6 Å². The maximum atomic E-state index is 12.1. The lowest BCUT2D eigenvalue weighted by Gasteiger charge is -2.17. The zero-order valence-corrected chi connectivity index (χ0v) is 13.6. The van der Waals surface area contributed by atoms with Crippen molar-refractivity contribution in [1.82, 2.24) is 0 Å². The van der Waals surface area contributed by atoms with E-state index < -0.39 is 10.0 Å². The summed E-state index contributed by atoms with van der Waals surface area (Å²) in [6.07, 6.45) is 1.12. The van der Waals surface area contributed by atoms with E-state index in [4.69, 9.17) is 11.6 Å². The summed E-state index contributed by atoms with van der Waals surface area (Å²) in [4.78, 5) is 12.1. The molecule has 0 unspecified atom stereocenters. The second-order valence-corrected chi connectivity index (χ2v) is 7.19. The van der Waals surface area contributed by atoms with E-state index >= 15 is 0 Å². The van der Waals surface area contributed by atoms with Crippen LogP contribution in [0, 0.1) is 0 Å². The van der Waals surface area contributed by atoms with Crippen molar-refractivity contribution >= 4 is 38.9 Å². The van der Waals surface area contributed by atoms with Gasteiger partial charge in [-0.15, -0.1) is 0 Å². The first kappa shape index (κ1) is 16.3. The third kappa shape index (κ3) is 3.99. The number of rotatable bonds is 4. The third-order valence-electron chi connectivity index (χ3n) is 3.07. The van der Waals surface area contributed by atoms with Crippen molar-refractivity contribution < 1.29 is 13.2 Å². The van der Waals surface area contributed by atoms with Gasteiger partial charge in [0.2, 0.25) is 10.0 Å². The highest BCUT2D eigenvalue weighted by Crippen LogP contribution is 2.21. The van der Waals surface area contributed by atoms with Crippen LogP contribution in [0.4, 0.5) is 11.4 Å².